The molecule has 2 atom stereocenters. The van der Waals surface area contributed by atoms with Crippen LogP contribution in [0.2, 0.25) is 0 Å². The van der Waals surface area contributed by atoms with Crippen molar-refractivity contribution in [1.82, 2.24) is 29.7 Å². The van der Waals surface area contributed by atoms with Gasteiger partial charge in [0.25, 0.3) is 0 Å². The largest absolute Gasteiger partial charge is 0.322 e. The SMILES string of the molecule is CC1(C)C[C@H]2CC[C@]1(c1ccnc(-c3cn(CS(C)(=O)=O)cn3)n1)c1nnc(-c3c(F)cccc3F)cc12. The second kappa shape index (κ2) is 8.45. The third-order valence-corrected chi connectivity index (χ3v) is 8.77. The zero-order chi connectivity index (χ0) is 26.9. The van der Waals surface area contributed by atoms with Crippen LogP contribution in [-0.4, -0.2) is 44.4 Å². The van der Waals surface area contributed by atoms with Gasteiger partial charge in [0.2, 0.25) is 0 Å². The highest BCUT2D eigenvalue weighted by Crippen LogP contribution is 2.63. The van der Waals surface area contributed by atoms with Crippen LogP contribution in [0, 0.1) is 17.0 Å². The Morgan fingerprint density at radius 2 is 1.84 bits per heavy atom. The number of hydrogen-bond donors (Lipinski definition) is 0. The molecule has 0 unspecified atom stereocenters. The first-order chi connectivity index (χ1) is 18.0. The lowest BCUT2D eigenvalue weighted by molar-refractivity contribution is 0.0811. The van der Waals surface area contributed by atoms with E-state index < -0.39 is 26.9 Å². The van der Waals surface area contributed by atoms with Gasteiger partial charge in [-0.15, -0.1) is 5.10 Å². The van der Waals surface area contributed by atoms with Gasteiger partial charge in [-0.1, -0.05) is 19.9 Å². The fraction of sp³-hybridized carbons (Fsp3) is 0.370. The lowest BCUT2D eigenvalue weighted by Crippen LogP contribution is -2.53. The molecule has 0 saturated heterocycles. The van der Waals surface area contributed by atoms with Crippen molar-refractivity contribution in [2.24, 2.45) is 5.41 Å². The van der Waals surface area contributed by atoms with Gasteiger partial charge in [0.1, 0.15) is 23.2 Å². The molecule has 1 aromatic carbocycles. The smallest absolute Gasteiger partial charge is 0.179 e. The number of fused-ring (bicyclic) bond motifs is 2. The van der Waals surface area contributed by atoms with Gasteiger partial charge >= 0.3 is 0 Å². The normalized spacial score (nSPS) is 21.9. The minimum atomic E-state index is -3.24. The molecule has 1 saturated carbocycles. The number of nitrogens with zero attached hydrogens (tertiary/aromatic N) is 6. The van der Waals surface area contributed by atoms with Crippen molar-refractivity contribution in [2.45, 2.75) is 50.3 Å². The fourth-order valence-electron chi connectivity index (χ4n) is 6.37. The standard InChI is InChI=1S/C27H26F2N6O2S/c1-26(2)12-16-7-9-27(26,24-17(16)11-20(33-34-24)23-18(28)5-4-6-19(23)29)22-8-10-30-25(32-22)21-13-35(14-31-21)15-38(3,36)37/h4-6,8,10-11,13-14,16H,7,9,12,15H2,1-3H3/t16-,27+/m1/s1. The number of sulfone groups is 1. The lowest BCUT2D eigenvalue weighted by Gasteiger charge is -2.56. The van der Waals surface area contributed by atoms with Crippen LogP contribution < -0.4 is 0 Å². The Morgan fingerprint density at radius 3 is 2.55 bits per heavy atom. The highest BCUT2D eigenvalue weighted by molar-refractivity contribution is 7.89. The van der Waals surface area contributed by atoms with Crippen LogP contribution in [0.25, 0.3) is 22.8 Å². The van der Waals surface area contributed by atoms with E-state index in [1.807, 2.05) is 6.07 Å². The molecule has 3 aliphatic carbocycles. The van der Waals surface area contributed by atoms with Crippen molar-refractivity contribution in [3.63, 3.8) is 0 Å². The Hall–Kier alpha value is -3.60. The van der Waals surface area contributed by atoms with Gasteiger partial charge in [0, 0.05) is 18.6 Å². The first-order valence-corrected chi connectivity index (χ1v) is 14.4. The van der Waals surface area contributed by atoms with E-state index in [1.165, 1.54) is 29.1 Å². The Kier molecular flexibility index (Phi) is 5.50. The summed E-state index contributed by atoms with van der Waals surface area (Å²) in [7, 11) is -3.24. The molecule has 7 rings (SSSR count). The number of aromatic nitrogens is 6. The lowest BCUT2D eigenvalue weighted by atomic mass is 9.47. The third-order valence-electron chi connectivity index (χ3n) is 8.00. The zero-order valence-electron chi connectivity index (χ0n) is 21.2. The maximum absolute atomic E-state index is 14.6. The van der Waals surface area contributed by atoms with Crippen LogP contribution in [0.1, 0.15) is 56.0 Å². The van der Waals surface area contributed by atoms with Crippen molar-refractivity contribution >= 4 is 9.84 Å². The summed E-state index contributed by atoms with van der Waals surface area (Å²) in [6.07, 6.45) is 8.42. The molecule has 0 N–H and O–H groups in total. The van der Waals surface area contributed by atoms with Gasteiger partial charge in [-0.25, -0.2) is 32.2 Å². The second-order valence-electron chi connectivity index (χ2n) is 11.0. The van der Waals surface area contributed by atoms with Gasteiger partial charge in [-0.05, 0) is 60.4 Å². The molecule has 3 aromatic heterocycles. The molecule has 4 aromatic rings. The van der Waals surface area contributed by atoms with E-state index in [4.69, 9.17) is 4.98 Å². The third kappa shape index (κ3) is 3.82. The van der Waals surface area contributed by atoms with Crippen molar-refractivity contribution in [3.8, 4) is 22.8 Å². The minimum absolute atomic E-state index is 0.174. The van der Waals surface area contributed by atoms with Crippen molar-refractivity contribution < 1.29 is 17.2 Å². The quantitative estimate of drug-likeness (QED) is 0.365. The summed E-state index contributed by atoms with van der Waals surface area (Å²) in [5, 5.41) is 8.93. The summed E-state index contributed by atoms with van der Waals surface area (Å²) in [5.74, 6) is -0.963. The van der Waals surface area contributed by atoms with Crippen LogP contribution in [0.5, 0.6) is 0 Å². The Bertz CT molecular complexity index is 1670. The van der Waals surface area contributed by atoms with E-state index in [9.17, 15) is 17.2 Å². The van der Waals surface area contributed by atoms with E-state index in [0.29, 0.717) is 11.5 Å². The average molecular weight is 537 g/mol. The number of halogens is 2. The van der Waals surface area contributed by atoms with Crippen LogP contribution >= 0.6 is 0 Å². The van der Waals surface area contributed by atoms with Crippen molar-refractivity contribution in [1.29, 1.82) is 0 Å². The van der Waals surface area contributed by atoms with E-state index in [0.717, 1.165) is 42.5 Å². The van der Waals surface area contributed by atoms with Crippen molar-refractivity contribution in [3.05, 3.63) is 77.6 Å². The molecule has 3 aliphatic rings. The van der Waals surface area contributed by atoms with E-state index >= 15 is 0 Å². The number of hydrogen-bond acceptors (Lipinski definition) is 7. The summed E-state index contributed by atoms with van der Waals surface area (Å²) in [6, 6.07) is 7.43. The fourth-order valence-corrected chi connectivity index (χ4v) is 7.06. The molecule has 196 valence electrons. The summed E-state index contributed by atoms with van der Waals surface area (Å²) in [6.45, 7) is 4.38. The first-order valence-electron chi connectivity index (χ1n) is 12.3. The molecule has 3 heterocycles. The van der Waals surface area contributed by atoms with E-state index in [2.05, 4.69) is 34.0 Å². The summed E-state index contributed by atoms with van der Waals surface area (Å²) >= 11 is 0. The molecule has 0 aliphatic heterocycles. The van der Waals surface area contributed by atoms with Gasteiger partial charge in [-0.3, -0.25) is 0 Å². The van der Waals surface area contributed by atoms with Crippen LogP contribution in [0.4, 0.5) is 8.78 Å². The number of benzene rings is 1. The van der Waals surface area contributed by atoms with Gasteiger partial charge in [0.15, 0.2) is 15.7 Å². The Balaban J connectivity index is 1.47. The van der Waals surface area contributed by atoms with Crippen LogP contribution in [-0.2, 0) is 21.1 Å². The molecule has 38 heavy (non-hydrogen) atoms. The number of rotatable bonds is 5. The van der Waals surface area contributed by atoms with Crippen LogP contribution in [0.3, 0.4) is 0 Å². The maximum atomic E-state index is 14.6. The second-order valence-corrected chi connectivity index (χ2v) is 13.1. The number of imidazole rings is 1. The van der Waals surface area contributed by atoms with Gasteiger partial charge < -0.3 is 4.57 Å². The van der Waals surface area contributed by atoms with Gasteiger partial charge in [-0.2, -0.15) is 5.10 Å². The molecular weight excluding hydrogens is 510 g/mol. The predicted molar refractivity (Wildman–Crippen MR) is 137 cm³/mol. The Morgan fingerprint density at radius 1 is 1.08 bits per heavy atom. The first kappa shape index (κ1) is 24.7. The summed E-state index contributed by atoms with van der Waals surface area (Å²) < 4.78 is 54.0. The Labute approximate surface area is 219 Å². The average Bonchev–Trinajstić information content (AvgIpc) is 3.31. The van der Waals surface area contributed by atoms with E-state index in [-0.39, 0.29) is 28.5 Å². The van der Waals surface area contributed by atoms with Crippen LogP contribution in [0.15, 0.2) is 49.1 Å². The molecule has 0 spiro atoms. The molecular formula is C27H26F2N6O2S. The highest BCUT2D eigenvalue weighted by Gasteiger charge is 2.59. The van der Waals surface area contributed by atoms with E-state index in [1.54, 1.807) is 18.5 Å². The summed E-state index contributed by atoms with van der Waals surface area (Å²) in [5.41, 5.74) is 2.13. The predicted octanol–water partition coefficient (Wildman–Crippen LogP) is 4.67. The molecule has 0 radical (unpaired) electrons. The molecule has 11 heteroatoms. The zero-order valence-corrected chi connectivity index (χ0v) is 22.0. The topological polar surface area (TPSA) is 104 Å². The molecule has 1 fully saturated rings. The summed E-state index contributed by atoms with van der Waals surface area (Å²) in [4.78, 5) is 13.7. The molecule has 0 amide bonds. The molecule has 2 bridgehead atoms. The minimum Gasteiger partial charge on any atom is -0.322 e. The highest BCUT2D eigenvalue weighted by atomic mass is 32.2. The molecule has 8 nitrogen and oxygen atoms in total. The van der Waals surface area contributed by atoms with Crippen molar-refractivity contribution in [2.75, 3.05) is 6.26 Å². The monoisotopic (exact) mass is 536 g/mol. The van der Waals surface area contributed by atoms with Gasteiger partial charge in [0.05, 0.1) is 34.4 Å². The maximum Gasteiger partial charge on any atom is 0.179 e.